The SMILES string of the molecule is CCOC(CC)(CC)C(Cc1ccccn1)NN. The lowest BCUT2D eigenvalue weighted by atomic mass is 9.85. The Morgan fingerprint density at radius 1 is 1.33 bits per heavy atom. The maximum atomic E-state index is 5.98. The van der Waals surface area contributed by atoms with Crippen molar-refractivity contribution >= 4 is 0 Å². The van der Waals surface area contributed by atoms with Crippen molar-refractivity contribution in [1.82, 2.24) is 10.4 Å². The van der Waals surface area contributed by atoms with Gasteiger partial charge in [0.2, 0.25) is 0 Å². The van der Waals surface area contributed by atoms with Crippen molar-refractivity contribution in [2.24, 2.45) is 5.84 Å². The molecule has 18 heavy (non-hydrogen) atoms. The lowest BCUT2D eigenvalue weighted by Crippen LogP contribution is -2.55. The molecular formula is C14H25N3O. The molecule has 0 fully saturated rings. The van der Waals surface area contributed by atoms with E-state index in [2.05, 4.69) is 24.3 Å². The summed E-state index contributed by atoms with van der Waals surface area (Å²) in [6.45, 7) is 7.00. The summed E-state index contributed by atoms with van der Waals surface area (Å²) in [7, 11) is 0. The summed E-state index contributed by atoms with van der Waals surface area (Å²) in [5, 5.41) is 0. The van der Waals surface area contributed by atoms with E-state index in [0.29, 0.717) is 6.61 Å². The molecule has 0 amide bonds. The summed E-state index contributed by atoms with van der Waals surface area (Å²) in [5.41, 5.74) is 3.73. The summed E-state index contributed by atoms with van der Waals surface area (Å²) in [6, 6.07) is 6.01. The number of nitrogens with one attached hydrogen (secondary N) is 1. The minimum absolute atomic E-state index is 0.0716. The minimum Gasteiger partial charge on any atom is -0.374 e. The molecule has 1 unspecified atom stereocenters. The number of rotatable bonds is 8. The molecule has 0 saturated heterocycles. The Kier molecular flexibility index (Phi) is 6.25. The molecule has 0 aliphatic rings. The highest BCUT2D eigenvalue weighted by atomic mass is 16.5. The second-order valence-corrected chi connectivity index (χ2v) is 4.45. The van der Waals surface area contributed by atoms with Gasteiger partial charge in [0.05, 0.1) is 11.6 Å². The number of aromatic nitrogens is 1. The van der Waals surface area contributed by atoms with Crippen LogP contribution in [0.3, 0.4) is 0 Å². The molecule has 0 bridgehead atoms. The highest BCUT2D eigenvalue weighted by Gasteiger charge is 2.36. The molecule has 1 aromatic rings. The third-order valence-electron chi connectivity index (χ3n) is 3.60. The Labute approximate surface area is 110 Å². The van der Waals surface area contributed by atoms with Gasteiger partial charge in [0, 0.05) is 24.9 Å². The van der Waals surface area contributed by atoms with E-state index >= 15 is 0 Å². The first kappa shape index (κ1) is 15.1. The number of hydrogen-bond acceptors (Lipinski definition) is 4. The molecule has 4 heteroatoms. The van der Waals surface area contributed by atoms with Crippen molar-refractivity contribution in [1.29, 1.82) is 0 Å². The van der Waals surface area contributed by atoms with Crippen LogP contribution in [-0.4, -0.2) is 23.2 Å². The Hall–Kier alpha value is -0.970. The van der Waals surface area contributed by atoms with E-state index in [1.807, 2.05) is 31.3 Å². The summed E-state index contributed by atoms with van der Waals surface area (Å²) in [4.78, 5) is 4.36. The fraction of sp³-hybridized carbons (Fsp3) is 0.643. The normalized spacial score (nSPS) is 13.6. The van der Waals surface area contributed by atoms with Crippen LogP contribution in [0.5, 0.6) is 0 Å². The molecular weight excluding hydrogens is 226 g/mol. The molecule has 0 aliphatic carbocycles. The van der Waals surface area contributed by atoms with Gasteiger partial charge in [-0.15, -0.1) is 0 Å². The van der Waals surface area contributed by atoms with Crippen LogP contribution in [0.25, 0.3) is 0 Å². The van der Waals surface area contributed by atoms with Crippen LogP contribution in [0.4, 0.5) is 0 Å². The first-order chi connectivity index (χ1) is 8.72. The molecule has 3 N–H and O–H groups in total. The second-order valence-electron chi connectivity index (χ2n) is 4.45. The van der Waals surface area contributed by atoms with Gasteiger partial charge in [0.1, 0.15) is 0 Å². The lowest BCUT2D eigenvalue weighted by Gasteiger charge is -2.39. The molecule has 0 aromatic carbocycles. The summed E-state index contributed by atoms with van der Waals surface area (Å²) < 4.78 is 5.98. The van der Waals surface area contributed by atoms with Gasteiger partial charge in [-0.2, -0.15) is 0 Å². The van der Waals surface area contributed by atoms with E-state index in [4.69, 9.17) is 10.6 Å². The molecule has 1 heterocycles. The van der Waals surface area contributed by atoms with Crippen molar-refractivity contribution in [3.8, 4) is 0 Å². The predicted molar refractivity (Wildman–Crippen MR) is 74.0 cm³/mol. The third-order valence-corrected chi connectivity index (χ3v) is 3.60. The van der Waals surface area contributed by atoms with Crippen LogP contribution < -0.4 is 11.3 Å². The fourth-order valence-electron chi connectivity index (χ4n) is 2.46. The summed E-state index contributed by atoms with van der Waals surface area (Å²) in [5.74, 6) is 5.73. The first-order valence-electron chi connectivity index (χ1n) is 6.72. The van der Waals surface area contributed by atoms with E-state index in [1.165, 1.54) is 0 Å². The van der Waals surface area contributed by atoms with E-state index in [1.54, 1.807) is 0 Å². The van der Waals surface area contributed by atoms with Gasteiger partial charge in [-0.25, -0.2) is 0 Å². The van der Waals surface area contributed by atoms with E-state index in [-0.39, 0.29) is 11.6 Å². The minimum atomic E-state index is -0.221. The van der Waals surface area contributed by atoms with Crippen LogP contribution in [-0.2, 0) is 11.2 Å². The van der Waals surface area contributed by atoms with Crippen LogP contribution in [0.15, 0.2) is 24.4 Å². The van der Waals surface area contributed by atoms with Crippen LogP contribution >= 0.6 is 0 Å². The molecule has 102 valence electrons. The van der Waals surface area contributed by atoms with Crippen molar-refractivity contribution in [3.05, 3.63) is 30.1 Å². The molecule has 1 atom stereocenters. The van der Waals surface area contributed by atoms with Crippen molar-refractivity contribution < 1.29 is 4.74 Å². The largest absolute Gasteiger partial charge is 0.374 e. The summed E-state index contributed by atoms with van der Waals surface area (Å²) in [6.07, 6.45) is 4.44. The highest BCUT2D eigenvalue weighted by molar-refractivity contribution is 5.08. The lowest BCUT2D eigenvalue weighted by molar-refractivity contribution is -0.0721. The van der Waals surface area contributed by atoms with Crippen LogP contribution in [0.2, 0.25) is 0 Å². The smallest absolute Gasteiger partial charge is 0.0846 e. The monoisotopic (exact) mass is 251 g/mol. The Bertz CT molecular complexity index is 325. The average molecular weight is 251 g/mol. The zero-order chi connectivity index (χ0) is 13.4. The molecule has 0 saturated carbocycles. The van der Waals surface area contributed by atoms with Crippen molar-refractivity contribution in [2.45, 2.75) is 51.7 Å². The van der Waals surface area contributed by atoms with Crippen LogP contribution in [0, 0.1) is 0 Å². The van der Waals surface area contributed by atoms with Crippen molar-refractivity contribution in [3.63, 3.8) is 0 Å². The molecule has 1 aromatic heterocycles. The topological polar surface area (TPSA) is 60.2 Å². The van der Waals surface area contributed by atoms with Crippen molar-refractivity contribution in [2.75, 3.05) is 6.61 Å². The molecule has 1 rings (SSSR count). The Morgan fingerprint density at radius 2 is 2.06 bits per heavy atom. The Morgan fingerprint density at radius 3 is 2.50 bits per heavy atom. The zero-order valence-corrected chi connectivity index (χ0v) is 11.6. The average Bonchev–Trinajstić information content (AvgIpc) is 2.44. The zero-order valence-electron chi connectivity index (χ0n) is 11.6. The number of hydrazine groups is 1. The standard InChI is InChI=1S/C14H25N3O/c1-4-14(5-2,18-6-3)13(17-15)11-12-9-7-8-10-16-12/h7-10,13,17H,4-6,11,15H2,1-3H3. The van der Waals surface area contributed by atoms with Gasteiger partial charge in [-0.05, 0) is 31.9 Å². The Balaban J connectivity index is 2.85. The van der Waals surface area contributed by atoms with Gasteiger partial charge in [0.15, 0.2) is 0 Å². The molecule has 0 aliphatic heterocycles. The van der Waals surface area contributed by atoms with Gasteiger partial charge in [-0.3, -0.25) is 16.3 Å². The number of nitrogens with zero attached hydrogens (tertiary/aromatic N) is 1. The van der Waals surface area contributed by atoms with Gasteiger partial charge >= 0.3 is 0 Å². The maximum Gasteiger partial charge on any atom is 0.0846 e. The van der Waals surface area contributed by atoms with E-state index < -0.39 is 0 Å². The number of hydrogen-bond donors (Lipinski definition) is 2. The fourth-order valence-corrected chi connectivity index (χ4v) is 2.46. The second kappa shape index (κ2) is 7.46. The van der Waals surface area contributed by atoms with Gasteiger partial charge in [-0.1, -0.05) is 19.9 Å². The number of pyridine rings is 1. The van der Waals surface area contributed by atoms with Gasteiger partial charge < -0.3 is 4.74 Å². The van der Waals surface area contributed by atoms with Crippen LogP contribution in [0.1, 0.15) is 39.3 Å². The highest BCUT2D eigenvalue weighted by Crippen LogP contribution is 2.26. The van der Waals surface area contributed by atoms with E-state index in [9.17, 15) is 0 Å². The van der Waals surface area contributed by atoms with Gasteiger partial charge in [0.25, 0.3) is 0 Å². The molecule has 4 nitrogen and oxygen atoms in total. The maximum absolute atomic E-state index is 5.98. The quantitative estimate of drug-likeness (QED) is 0.548. The predicted octanol–water partition coefficient (Wildman–Crippen LogP) is 2.05. The first-order valence-corrected chi connectivity index (χ1v) is 6.72. The third kappa shape index (κ3) is 3.51. The molecule has 0 radical (unpaired) electrons. The number of nitrogens with two attached hydrogens (primary N) is 1. The molecule has 0 spiro atoms. The summed E-state index contributed by atoms with van der Waals surface area (Å²) >= 11 is 0. The van der Waals surface area contributed by atoms with E-state index in [0.717, 1.165) is 25.0 Å². The number of ether oxygens (including phenoxy) is 1.